The van der Waals surface area contributed by atoms with Crippen LogP contribution in [0, 0.1) is 25.2 Å². The maximum atomic E-state index is 12.5. The summed E-state index contributed by atoms with van der Waals surface area (Å²) in [6.07, 6.45) is 1.36. The number of carbonyl (C=O) groups is 2. The van der Waals surface area contributed by atoms with Gasteiger partial charge in [0.2, 0.25) is 0 Å². The number of methoxy groups -OCH3 is 1. The predicted molar refractivity (Wildman–Crippen MR) is 112 cm³/mol. The van der Waals surface area contributed by atoms with Crippen LogP contribution < -0.4 is 10.1 Å². The fraction of sp³-hybridized carbons (Fsp3) is 0.190. The Labute approximate surface area is 178 Å². The molecule has 0 unspecified atom stereocenters. The van der Waals surface area contributed by atoms with Crippen molar-refractivity contribution < 1.29 is 19.1 Å². The van der Waals surface area contributed by atoms with Gasteiger partial charge >= 0.3 is 5.97 Å². The quantitative estimate of drug-likeness (QED) is 0.405. The van der Waals surface area contributed by atoms with Crippen LogP contribution in [0.3, 0.4) is 0 Å². The van der Waals surface area contributed by atoms with E-state index in [4.69, 9.17) is 27.9 Å². The molecule has 0 saturated carbocycles. The van der Waals surface area contributed by atoms with Crippen molar-refractivity contribution in [2.24, 2.45) is 0 Å². The van der Waals surface area contributed by atoms with Crippen molar-refractivity contribution in [3.05, 3.63) is 62.6 Å². The zero-order chi connectivity index (χ0) is 21.6. The molecule has 2 aromatic rings. The summed E-state index contributed by atoms with van der Waals surface area (Å²) < 4.78 is 9.74. The second kappa shape index (κ2) is 9.97. The van der Waals surface area contributed by atoms with Crippen molar-refractivity contribution in [1.29, 1.82) is 5.26 Å². The molecule has 0 radical (unpaired) electrons. The summed E-state index contributed by atoms with van der Waals surface area (Å²) in [5, 5.41) is 12.4. The van der Waals surface area contributed by atoms with Crippen LogP contribution in [0.1, 0.15) is 16.7 Å². The molecule has 0 aliphatic heterocycles. The van der Waals surface area contributed by atoms with Gasteiger partial charge in [0.1, 0.15) is 11.6 Å². The second-order valence-electron chi connectivity index (χ2n) is 6.12. The third kappa shape index (κ3) is 5.98. The summed E-state index contributed by atoms with van der Waals surface area (Å²) in [5.74, 6) is -1.04. The molecular weight excluding hydrogens is 415 g/mol. The van der Waals surface area contributed by atoms with Crippen LogP contribution in [-0.2, 0) is 14.3 Å². The number of benzene rings is 2. The molecule has 0 bridgehead atoms. The minimum atomic E-state index is -0.587. The van der Waals surface area contributed by atoms with E-state index in [1.807, 2.05) is 32.0 Å². The van der Waals surface area contributed by atoms with Gasteiger partial charge in [0.25, 0.3) is 5.91 Å². The molecule has 2 rings (SSSR count). The summed E-state index contributed by atoms with van der Waals surface area (Å²) >= 11 is 12.3. The maximum Gasteiger partial charge on any atom is 0.343 e. The highest BCUT2D eigenvalue weighted by Crippen LogP contribution is 2.35. The van der Waals surface area contributed by atoms with Crippen LogP contribution in [0.15, 0.2) is 35.9 Å². The molecule has 6 nitrogen and oxygen atoms in total. The first kappa shape index (κ1) is 22.3. The Morgan fingerprint density at radius 3 is 2.38 bits per heavy atom. The number of nitrogens with zero attached hydrogens (tertiary/aromatic N) is 1. The number of aryl methyl sites for hydroxylation is 2. The van der Waals surface area contributed by atoms with E-state index >= 15 is 0 Å². The lowest BCUT2D eigenvalue weighted by Crippen LogP contribution is -2.14. The predicted octanol–water partition coefficient (Wildman–Crippen LogP) is 4.71. The van der Waals surface area contributed by atoms with Crippen LogP contribution in [0.25, 0.3) is 6.08 Å². The van der Waals surface area contributed by atoms with Gasteiger partial charge in [-0.05, 0) is 49.2 Å². The van der Waals surface area contributed by atoms with Crippen molar-refractivity contribution in [3.8, 4) is 11.8 Å². The van der Waals surface area contributed by atoms with E-state index in [-0.39, 0.29) is 28.0 Å². The molecule has 150 valence electrons. The van der Waals surface area contributed by atoms with Crippen LogP contribution in [0.5, 0.6) is 5.75 Å². The fourth-order valence-corrected chi connectivity index (χ4v) is 3.06. The Hall–Kier alpha value is -3.01. The normalized spacial score (nSPS) is 10.8. The van der Waals surface area contributed by atoms with Gasteiger partial charge < -0.3 is 14.8 Å². The lowest BCUT2D eigenvalue weighted by Gasteiger charge is -2.10. The molecule has 0 fully saturated rings. The van der Waals surface area contributed by atoms with E-state index in [9.17, 15) is 14.9 Å². The number of carbonyl (C=O) groups excluding carboxylic acids is 2. The van der Waals surface area contributed by atoms with Gasteiger partial charge in [-0.2, -0.15) is 5.26 Å². The smallest absolute Gasteiger partial charge is 0.343 e. The number of hydrogen-bond acceptors (Lipinski definition) is 5. The van der Waals surface area contributed by atoms with Crippen molar-refractivity contribution in [3.63, 3.8) is 0 Å². The van der Waals surface area contributed by atoms with Crippen molar-refractivity contribution in [2.75, 3.05) is 19.0 Å². The van der Waals surface area contributed by atoms with Gasteiger partial charge in [-0.3, -0.25) is 4.79 Å². The van der Waals surface area contributed by atoms with Crippen molar-refractivity contribution >= 4 is 46.8 Å². The summed E-state index contributed by atoms with van der Waals surface area (Å²) in [6, 6.07) is 10.4. The lowest BCUT2D eigenvalue weighted by molar-refractivity contribution is -0.142. The van der Waals surface area contributed by atoms with E-state index in [0.717, 1.165) is 11.1 Å². The second-order valence-corrected chi connectivity index (χ2v) is 6.94. The van der Waals surface area contributed by atoms with E-state index < -0.39 is 11.9 Å². The zero-order valence-corrected chi connectivity index (χ0v) is 17.5. The van der Waals surface area contributed by atoms with Crippen molar-refractivity contribution in [1.82, 2.24) is 0 Å². The minimum Gasteiger partial charge on any atom is -0.479 e. The van der Waals surface area contributed by atoms with Crippen LogP contribution >= 0.6 is 23.2 Å². The molecule has 1 N–H and O–H groups in total. The molecule has 29 heavy (non-hydrogen) atoms. The van der Waals surface area contributed by atoms with Crippen LogP contribution in [0.4, 0.5) is 5.69 Å². The molecule has 8 heteroatoms. The van der Waals surface area contributed by atoms with E-state index in [1.54, 1.807) is 6.07 Å². The van der Waals surface area contributed by atoms with Gasteiger partial charge in [0.05, 0.1) is 17.2 Å². The highest BCUT2D eigenvalue weighted by Gasteiger charge is 2.14. The average Bonchev–Trinajstić information content (AvgIpc) is 2.67. The zero-order valence-electron chi connectivity index (χ0n) is 16.0. The highest BCUT2D eigenvalue weighted by atomic mass is 35.5. The summed E-state index contributed by atoms with van der Waals surface area (Å²) in [4.78, 5) is 23.7. The Kier molecular flexibility index (Phi) is 7.66. The molecule has 2 aromatic carbocycles. The first-order valence-electron chi connectivity index (χ1n) is 8.44. The number of halogens is 2. The number of ether oxygens (including phenoxy) is 2. The Morgan fingerprint density at radius 1 is 1.17 bits per heavy atom. The van der Waals surface area contributed by atoms with E-state index in [0.29, 0.717) is 11.3 Å². The number of nitrogens with one attached hydrogen (secondary N) is 1. The maximum absolute atomic E-state index is 12.5. The van der Waals surface area contributed by atoms with Crippen LogP contribution in [-0.4, -0.2) is 25.6 Å². The third-order valence-electron chi connectivity index (χ3n) is 3.89. The molecule has 0 saturated heterocycles. The number of anilines is 1. The number of hydrogen-bond donors (Lipinski definition) is 1. The van der Waals surface area contributed by atoms with E-state index in [2.05, 4.69) is 10.1 Å². The van der Waals surface area contributed by atoms with Gasteiger partial charge in [0, 0.05) is 5.69 Å². The lowest BCUT2D eigenvalue weighted by atomic mass is 10.1. The first-order chi connectivity index (χ1) is 13.7. The van der Waals surface area contributed by atoms with Crippen molar-refractivity contribution in [2.45, 2.75) is 13.8 Å². The fourth-order valence-electron chi connectivity index (χ4n) is 2.45. The summed E-state index contributed by atoms with van der Waals surface area (Å²) in [6.45, 7) is 3.46. The Morgan fingerprint density at radius 2 is 1.83 bits per heavy atom. The standard InChI is InChI=1S/C21H18Cl2N2O4/c1-12-4-5-18(13(2)6-12)25-21(27)15(10-24)7-14-8-16(22)20(17(23)9-14)29-11-19(26)28-3/h4-9H,11H2,1-3H3,(H,25,27)/b15-7+. The summed E-state index contributed by atoms with van der Waals surface area (Å²) in [5.41, 5.74) is 2.87. The number of esters is 1. The summed E-state index contributed by atoms with van der Waals surface area (Å²) in [7, 11) is 1.23. The molecule has 0 aromatic heterocycles. The molecule has 1 amide bonds. The molecule has 0 aliphatic carbocycles. The molecule has 0 spiro atoms. The van der Waals surface area contributed by atoms with E-state index in [1.165, 1.54) is 25.3 Å². The van der Waals surface area contributed by atoms with Gasteiger partial charge in [-0.15, -0.1) is 0 Å². The number of nitriles is 1. The monoisotopic (exact) mass is 432 g/mol. The SMILES string of the molecule is COC(=O)COc1c(Cl)cc(/C=C(\C#N)C(=O)Nc2ccc(C)cc2C)cc1Cl. The highest BCUT2D eigenvalue weighted by molar-refractivity contribution is 6.37. The molecular formula is C21H18Cl2N2O4. The van der Waals surface area contributed by atoms with Gasteiger partial charge in [0.15, 0.2) is 12.4 Å². The molecule has 0 atom stereocenters. The molecule has 0 aliphatic rings. The van der Waals surface area contributed by atoms with Crippen LogP contribution in [0.2, 0.25) is 10.0 Å². The first-order valence-corrected chi connectivity index (χ1v) is 9.19. The number of rotatable bonds is 6. The Bertz CT molecular complexity index is 1000. The topological polar surface area (TPSA) is 88.4 Å². The molecule has 0 heterocycles. The number of amides is 1. The third-order valence-corrected chi connectivity index (χ3v) is 4.45. The minimum absolute atomic E-state index is 0.106. The Balaban J connectivity index is 2.24. The largest absolute Gasteiger partial charge is 0.479 e. The van der Waals surface area contributed by atoms with Gasteiger partial charge in [-0.25, -0.2) is 4.79 Å². The average molecular weight is 433 g/mol. The van der Waals surface area contributed by atoms with Gasteiger partial charge in [-0.1, -0.05) is 40.9 Å².